The summed E-state index contributed by atoms with van der Waals surface area (Å²) in [5.41, 5.74) is 4.35. The number of imide groups is 1. The van der Waals surface area contributed by atoms with E-state index in [-0.39, 0.29) is 23.7 Å². The average molecular weight is 511 g/mol. The van der Waals surface area contributed by atoms with Crippen LogP contribution in [-0.2, 0) is 19.8 Å². The van der Waals surface area contributed by atoms with Gasteiger partial charge in [0.25, 0.3) is 0 Å². The summed E-state index contributed by atoms with van der Waals surface area (Å²) < 4.78 is 0. The molecule has 1 aliphatic heterocycles. The van der Waals surface area contributed by atoms with E-state index < -0.39 is 5.97 Å². The number of quaternary nitrogens is 1. The lowest BCUT2D eigenvalue weighted by Crippen LogP contribution is -2.78. The van der Waals surface area contributed by atoms with Crippen molar-refractivity contribution in [2.75, 3.05) is 32.1 Å². The smallest absolute Gasteiger partial charge is 0.303 e. The van der Waals surface area contributed by atoms with Gasteiger partial charge in [0.05, 0.1) is 18.8 Å². The van der Waals surface area contributed by atoms with Gasteiger partial charge in [-0.15, -0.1) is 0 Å². The number of carboxylic acids is 1. The Labute approximate surface area is 219 Å². The average Bonchev–Trinajstić information content (AvgIpc) is 3.24. The molecule has 1 heterocycles. The second-order valence-electron chi connectivity index (χ2n) is 9.95. The van der Waals surface area contributed by atoms with Crippen molar-refractivity contribution in [1.82, 2.24) is 5.32 Å². The molecule has 1 aliphatic rings. The molecule has 200 valence electrons. The number of benzene rings is 2. The third-order valence-corrected chi connectivity index (χ3v) is 6.03. The zero-order chi connectivity index (χ0) is 27.3. The van der Waals surface area contributed by atoms with Gasteiger partial charge in [-0.1, -0.05) is 32.0 Å². The van der Waals surface area contributed by atoms with Crippen molar-refractivity contribution in [3.63, 3.8) is 0 Å². The van der Waals surface area contributed by atoms with E-state index in [0.29, 0.717) is 19.4 Å². The molecule has 2 aromatic carbocycles. The van der Waals surface area contributed by atoms with Crippen molar-refractivity contribution in [2.24, 2.45) is 10.2 Å². The fourth-order valence-corrected chi connectivity index (χ4v) is 3.85. The maximum absolute atomic E-state index is 10.6. The molecule has 0 aliphatic carbocycles. The molecule has 0 saturated carbocycles. The zero-order valence-electron chi connectivity index (χ0n) is 22.4. The van der Waals surface area contributed by atoms with Crippen LogP contribution in [0.4, 0.5) is 17.1 Å². The summed E-state index contributed by atoms with van der Waals surface area (Å²) in [7, 11) is 4.03. The third kappa shape index (κ3) is 10.9. The van der Waals surface area contributed by atoms with Gasteiger partial charge in [0.15, 0.2) is 0 Å². The number of nitrogens with one attached hydrogen (secondary N) is 1. The number of azo groups is 1. The van der Waals surface area contributed by atoms with E-state index >= 15 is 0 Å². The predicted molar refractivity (Wildman–Crippen MR) is 145 cm³/mol. The number of nitrogens with zero attached hydrogens (tertiary/aromatic N) is 3. The number of carbonyl (C=O) groups is 3. The van der Waals surface area contributed by atoms with Crippen molar-refractivity contribution in [3.05, 3.63) is 54.1 Å². The minimum atomic E-state index is -0.714. The maximum atomic E-state index is 10.6. The van der Waals surface area contributed by atoms with Crippen molar-refractivity contribution in [1.29, 1.82) is 0 Å². The topological polar surface area (TPSA) is 128 Å². The summed E-state index contributed by atoms with van der Waals surface area (Å²) >= 11 is 0. The van der Waals surface area contributed by atoms with Crippen LogP contribution in [0.2, 0.25) is 0 Å². The van der Waals surface area contributed by atoms with Crippen LogP contribution in [0.5, 0.6) is 0 Å². The number of hydrogen-bond acceptors (Lipinski definition) is 6. The molecule has 1 fully saturated rings. The Morgan fingerprint density at radius 3 is 2.22 bits per heavy atom. The molecule has 0 bridgehead atoms. The molecule has 0 spiro atoms. The molecule has 4 N–H and O–H groups in total. The molecule has 37 heavy (non-hydrogen) atoms. The summed E-state index contributed by atoms with van der Waals surface area (Å²) in [6.07, 6.45) is 3.69. The lowest BCUT2D eigenvalue weighted by Gasteiger charge is -2.23. The van der Waals surface area contributed by atoms with E-state index in [4.69, 9.17) is 5.11 Å². The van der Waals surface area contributed by atoms with Crippen molar-refractivity contribution in [3.8, 4) is 0 Å². The van der Waals surface area contributed by atoms with Gasteiger partial charge in [0, 0.05) is 50.0 Å². The second kappa shape index (κ2) is 14.8. The minimum Gasteiger partial charge on any atom is -0.481 e. The summed E-state index contributed by atoms with van der Waals surface area (Å²) in [6.45, 7) is 5.94. The SMILES string of the molecule is CN(C)c1ccc(N=NCC(C)(C)c2ccccc2[NH2+]CCCCCC(=O)O)cc1.O=C1CCC(=O)N1. The number of hydrogen-bond donors (Lipinski definition) is 3. The zero-order valence-corrected chi connectivity index (χ0v) is 22.4. The number of carboxylic acid groups (broad SMARTS) is 1. The summed E-state index contributed by atoms with van der Waals surface area (Å²) in [5, 5.41) is 22.0. The highest BCUT2D eigenvalue weighted by molar-refractivity contribution is 6.01. The standard InChI is InChI=1S/C24H34N4O2.C4H5NO2/c1-24(2,18-26-27-19-13-15-20(16-14-19)28(3)4)21-10-7-8-11-22(21)25-17-9-5-6-12-23(29)30;6-3-1-2-4(7)5-3/h7-8,10-11,13-16,25H,5-6,9,12,17-18H2,1-4H3,(H,29,30);1-2H2,(H,5,6,7)/p+1. The Kier molecular flexibility index (Phi) is 11.9. The van der Waals surface area contributed by atoms with Crippen LogP contribution in [-0.4, -0.2) is 50.1 Å². The van der Waals surface area contributed by atoms with Gasteiger partial charge in [0.2, 0.25) is 11.8 Å². The molecule has 2 aromatic rings. The fraction of sp³-hybridized carbons (Fsp3) is 0.464. The van der Waals surface area contributed by atoms with Gasteiger partial charge in [-0.3, -0.25) is 19.7 Å². The van der Waals surface area contributed by atoms with E-state index in [2.05, 4.69) is 63.9 Å². The molecule has 2 amide bonds. The number of nitrogens with two attached hydrogens (primary N) is 1. The number of amides is 2. The largest absolute Gasteiger partial charge is 0.481 e. The first-order valence-corrected chi connectivity index (χ1v) is 12.7. The van der Waals surface area contributed by atoms with Crippen LogP contribution >= 0.6 is 0 Å². The summed E-state index contributed by atoms with van der Waals surface area (Å²) in [6, 6.07) is 16.5. The Morgan fingerprint density at radius 2 is 1.65 bits per heavy atom. The minimum absolute atomic E-state index is 0.135. The highest BCUT2D eigenvalue weighted by Gasteiger charge is 2.25. The van der Waals surface area contributed by atoms with Crippen LogP contribution in [0.1, 0.15) is 57.9 Å². The first-order valence-electron chi connectivity index (χ1n) is 12.7. The van der Waals surface area contributed by atoms with Crippen LogP contribution in [0.25, 0.3) is 0 Å². The summed E-state index contributed by atoms with van der Waals surface area (Å²) in [4.78, 5) is 32.9. The van der Waals surface area contributed by atoms with E-state index in [1.165, 1.54) is 11.3 Å². The number of unbranched alkanes of at least 4 members (excludes halogenated alkanes) is 2. The van der Waals surface area contributed by atoms with Crippen molar-refractivity contribution in [2.45, 2.75) is 57.8 Å². The molecule has 0 unspecified atom stereocenters. The first kappa shape index (κ1) is 29.6. The normalized spacial score (nSPS) is 13.3. The van der Waals surface area contributed by atoms with Gasteiger partial charge in [-0.25, -0.2) is 0 Å². The number of rotatable bonds is 12. The van der Waals surface area contributed by atoms with E-state index in [1.807, 2.05) is 38.4 Å². The van der Waals surface area contributed by atoms with Gasteiger partial charge in [0.1, 0.15) is 5.69 Å². The van der Waals surface area contributed by atoms with Crippen LogP contribution in [0, 0.1) is 0 Å². The highest BCUT2D eigenvalue weighted by Crippen LogP contribution is 2.28. The number of para-hydroxylation sites is 1. The van der Waals surface area contributed by atoms with Crippen molar-refractivity contribution < 1.29 is 24.8 Å². The van der Waals surface area contributed by atoms with Gasteiger partial charge < -0.3 is 15.3 Å². The fourth-order valence-electron chi connectivity index (χ4n) is 3.85. The van der Waals surface area contributed by atoms with Gasteiger partial charge in [-0.2, -0.15) is 10.2 Å². The van der Waals surface area contributed by atoms with E-state index in [1.54, 1.807) is 0 Å². The Morgan fingerprint density at radius 1 is 1.00 bits per heavy atom. The predicted octanol–water partition coefficient (Wildman–Crippen LogP) is 4.08. The maximum Gasteiger partial charge on any atom is 0.303 e. The number of aliphatic carboxylic acids is 1. The molecule has 0 atom stereocenters. The third-order valence-electron chi connectivity index (χ3n) is 6.03. The van der Waals surface area contributed by atoms with Crippen LogP contribution < -0.4 is 15.5 Å². The first-order chi connectivity index (χ1) is 17.6. The quantitative estimate of drug-likeness (QED) is 0.172. The molecule has 9 nitrogen and oxygen atoms in total. The second-order valence-corrected chi connectivity index (χ2v) is 9.95. The van der Waals surface area contributed by atoms with E-state index in [9.17, 15) is 14.4 Å². The molecular weight excluding hydrogens is 470 g/mol. The van der Waals surface area contributed by atoms with E-state index in [0.717, 1.165) is 37.2 Å². The van der Waals surface area contributed by atoms with Gasteiger partial charge >= 0.3 is 5.97 Å². The van der Waals surface area contributed by atoms with Crippen LogP contribution in [0.15, 0.2) is 58.8 Å². The number of anilines is 1. The summed E-state index contributed by atoms with van der Waals surface area (Å²) in [5.74, 6) is -1.01. The molecule has 1 saturated heterocycles. The lowest BCUT2D eigenvalue weighted by molar-refractivity contribution is -0.572. The number of carbonyl (C=O) groups excluding carboxylic acids is 2. The monoisotopic (exact) mass is 510 g/mol. The molecule has 9 heteroatoms. The molecule has 3 rings (SSSR count). The molecule has 0 radical (unpaired) electrons. The Balaban J connectivity index is 0.000000591. The molecule has 0 aromatic heterocycles. The highest BCUT2D eigenvalue weighted by atomic mass is 16.4. The lowest BCUT2D eigenvalue weighted by atomic mass is 9.83. The Hall–Kier alpha value is -3.59. The van der Waals surface area contributed by atoms with Gasteiger partial charge in [-0.05, 0) is 49.6 Å². The molecular formula is C28H40N5O4+. The Bertz CT molecular complexity index is 1050. The van der Waals surface area contributed by atoms with Crippen LogP contribution in [0.3, 0.4) is 0 Å². The van der Waals surface area contributed by atoms with Crippen molar-refractivity contribution >= 4 is 34.8 Å².